The standard InChI is InChI=1S/C20H17Cl2NO2/c1-12(20(24)23-18-10-16(21)9-17(22)11-18)13-3-4-15-8-19(25-2)6-5-14(15)7-13/h3-12H,1-2H3,(H,23,24)/t12-/m0/s1. The van der Waals surface area contributed by atoms with Crippen molar-refractivity contribution in [1.29, 1.82) is 0 Å². The van der Waals surface area contributed by atoms with Crippen molar-refractivity contribution in [3.05, 3.63) is 70.2 Å². The fraction of sp³-hybridized carbons (Fsp3) is 0.150. The number of methoxy groups -OCH3 is 1. The van der Waals surface area contributed by atoms with Crippen molar-refractivity contribution in [2.45, 2.75) is 12.8 Å². The number of hydrogen-bond acceptors (Lipinski definition) is 2. The Hall–Kier alpha value is -2.23. The molecule has 0 saturated carbocycles. The Bertz CT molecular complexity index is 920. The first-order chi connectivity index (χ1) is 12.0. The third-order valence-electron chi connectivity index (χ3n) is 4.09. The highest BCUT2D eigenvalue weighted by molar-refractivity contribution is 6.35. The number of anilines is 1. The minimum Gasteiger partial charge on any atom is -0.497 e. The lowest BCUT2D eigenvalue weighted by Crippen LogP contribution is -2.18. The summed E-state index contributed by atoms with van der Waals surface area (Å²) in [5, 5.41) is 5.95. The van der Waals surface area contributed by atoms with Gasteiger partial charge in [-0.15, -0.1) is 0 Å². The number of nitrogens with one attached hydrogen (secondary N) is 1. The van der Waals surface area contributed by atoms with Gasteiger partial charge < -0.3 is 10.1 Å². The van der Waals surface area contributed by atoms with Gasteiger partial charge in [0.05, 0.1) is 13.0 Å². The molecule has 1 amide bonds. The maximum absolute atomic E-state index is 12.6. The number of amides is 1. The molecule has 0 radical (unpaired) electrons. The molecule has 0 aliphatic heterocycles. The lowest BCUT2D eigenvalue weighted by Gasteiger charge is -2.14. The highest BCUT2D eigenvalue weighted by Gasteiger charge is 2.16. The summed E-state index contributed by atoms with van der Waals surface area (Å²) in [6, 6.07) is 16.8. The van der Waals surface area contributed by atoms with Crippen LogP contribution in [0.2, 0.25) is 10.0 Å². The molecule has 0 spiro atoms. The average Bonchev–Trinajstić information content (AvgIpc) is 2.59. The molecule has 0 saturated heterocycles. The summed E-state index contributed by atoms with van der Waals surface area (Å²) < 4.78 is 5.24. The molecule has 1 atom stereocenters. The fourth-order valence-corrected chi connectivity index (χ4v) is 3.19. The van der Waals surface area contributed by atoms with Gasteiger partial charge in [-0.25, -0.2) is 0 Å². The minimum atomic E-state index is -0.316. The first kappa shape index (κ1) is 17.6. The van der Waals surface area contributed by atoms with E-state index in [-0.39, 0.29) is 11.8 Å². The highest BCUT2D eigenvalue weighted by atomic mass is 35.5. The van der Waals surface area contributed by atoms with Crippen LogP contribution in [-0.4, -0.2) is 13.0 Å². The van der Waals surface area contributed by atoms with E-state index >= 15 is 0 Å². The van der Waals surface area contributed by atoms with E-state index in [4.69, 9.17) is 27.9 Å². The topological polar surface area (TPSA) is 38.3 Å². The summed E-state index contributed by atoms with van der Waals surface area (Å²) in [6.45, 7) is 1.87. The molecule has 1 N–H and O–H groups in total. The van der Waals surface area contributed by atoms with Crippen molar-refractivity contribution in [2.75, 3.05) is 12.4 Å². The van der Waals surface area contributed by atoms with E-state index in [0.29, 0.717) is 15.7 Å². The van der Waals surface area contributed by atoms with E-state index in [1.54, 1.807) is 25.3 Å². The van der Waals surface area contributed by atoms with Crippen molar-refractivity contribution < 1.29 is 9.53 Å². The summed E-state index contributed by atoms with van der Waals surface area (Å²) in [6.07, 6.45) is 0. The molecule has 128 valence electrons. The lowest BCUT2D eigenvalue weighted by atomic mass is 9.97. The SMILES string of the molecule is COc1ccc2cc([C@H](C)C(=O)Nc3cc(Cl)cc(Cl)c3)ccc2c1. The van der Waals surface area contributed by atoms with E-state index in [1.807, 2.05) is 43.3 Å². The number of benzene rings is 3. The minimum absolute atomic E-state index is 0.119. The van der Waals surface area contributed by atoms with Gasteiger partial charge in [-0.3, -0.25) is 4.79 Å². The third-order valence-corrected chi connectivity index (χ3v) is 4.53. The Morgan fingerprint density at radius 1 is 0.960 bits per heavy atom. The molecule has 0 bridgehead atoms. The van der Waals surface area contributed by atoms with E-state index < -0.39 is 0 Å². The number of fused-ring (bicyclic) bond motifs is 1. The van der Waals surface area contributed by atoms with Gasteiger partial charge in [0.2, 0.25) is 5.91 Å². The van der Waals surface area contributed by atoms with Gasteiger partial charge in [0, 0.05) is 15.7 Å². The Balaban J connectivity index is 1.82. The number of carbonyl (C=O) groups excluding carboxylic acids is 1. The second-order valence-electron chi connectivity index (χ2n) is 5.84. The van der Waals surface area contributed by atoms with Gasteiger partial charge in [-0.2, -0.15) is 0 Å². The molecule has 0 aliphatic rings. The van der Waals surface area contributed by atoms with Crippen LogP contribution in [-0.2, 0) is 4.79 Å². The molecule has 0 aromatic heterocycles. The fourth-order valence-electron chi connectivity index (χ4n) is 2.67. The van der Waals surface area contributed by atoms with Crippen LogP contribution in [0.3, 0.4) is 0 Å². The average molecular weight is 374 g/mol. The van der Waals surface area contributed by atoms with Crippen molar-refractivity contribution in [2.24, 2.45) is 0 Å². The van der Waals surface area contributed by atoms with Gasteiger partial charge in [0.15, 0.2) is 0 Å². The van der Waals surface area contributed by atoms with Gasteiger partial charge in [-0.1, -0.05) is 47.5 Å². The molecule has 0 aliphatic carbocycles. The predicted molar refractivity (Wildman–Crippen MR) is 104 cm³/mol. The summed E-state index contributed by atoms with van der Waals surface area (Å²) in [5.74, 6) is 0.374. The molecule has 3 aromatic carbocycles. The van der Waals surface area contributed by atoms with Gasteiger partial charge in [0.1, 0.15) is 5.75 Å². The second-order valence-corrected chi connectivity index (χ2v) is 6.71. The Kier molecular flexibility index (Phi) is 5.16. The Labute approximate surface area is 156 Å². The van der Waals surface area contributed by atoms with E-state index in [1.165, 1.54) is 0 Å². The summed E-state index contributed by atoms with van der Waals surface area (Å²) >= 11 is 11.9. The van der Waals surface area contributed by atoms with Gasteiger partial charge in [0.25, 0.3) is 0 Å². The van der Waals surface area contributed by atoms with E-state index in [2.05, 4.69) is 5.32 Å². The summed E-state index contributed by atoms with van der Waals surface area (Å²) in [5.41, 5.74) is 1.52. The van der Waals surface area contributed by atoms with Crippen LogP contribution in [0.1, 0.15) is 18.4 Å². The lowest BCUT2D eigenvalue weighted by molar-refractivity contribution is -0.117. The van der Waals surface area contributed by atoms with Crippen LogP contribution in [0.15, 0.2) is 54.6 Å². The van der Waals surface area contributed by atoms with Crippen LogP contribution in [0.5, 0.6) is 5.75 Å². The maximum Gasteiger partial charge on any atom is 0.231 e. The zero-order valence-electron chi connectivity index (χ0n) is 13.8. The number of rotatable bonds is 4. The van der Waals surface area contributed by atoms with Gasteiger partial charge >= 0.3 is 0 Å². The molecule has 0 fully saturated rings. The number of halogens is 2. The summed E-state index contributed by atoms with van der Waals surface area (Å²) in [4.78, 5) is 12.6. The van der Waals surface area contributed by atoms with Crippen LogP contribution in [0, 0.1) is 0 Å². The Morgan fingerprint density at radius 3 is 2.28 bits per heavy atom. The molecule has 0 heterocycles. The maximum atomic E-state index is 12.6. The van der Waals surface area contributed by atoms with Crippen molar-refractivity contribution in [1.82, 2.24) is 0 Å². The molecule has 3 nitrogen and oxygen atoms in total. The van der Waals surface area contributed by atoms with Crippen LogP contribution >= 0.6 is 23.2 Å². The smallest absolute Gasteiger partial charge is 0.231 e. The van der Waals surface area contributed by atoms with Crippen molar-refractivity contribution >= 4 is 45.6 Å². The highest BCUT2D eigenvalue weighted by Crippen LogP contribution is 2.27. The number of carbonyl (C=O) groups is 1. The van der Waals surface area contributed by atoms with Gasteiger partial charge in [-0.05, 0) is 53.6 Å². The second kappa shape index (κ2) is 7.34. The third kappa shape index (κ3) is 4.06. The number of hydrogen-bond donors (Lipinski definition) is 1. The summed E-state index contributed by atoms with van der Waals surface area (Å²) in [7, 11) is 1.64. The monoisotopic (exact) mass is 373 g/mol. The quantitative estimate of drug-likeness (QED) is 0.618. The van der Waals surface area contributed by atoms with E-state index in [9.17, 15) is 4.79 Å². The number of ether oxygens (including phenoxy) is 1. The zero-order chi connectivity index (χ0) is 18.0. The van der Waals surface area contributed by atoms with Crippen LogP contribution < -0.4 is 10.1 Å². The molecule has 3 aromatic rings. The van der Waals surface area contributed by atoms with E-state index in [0.717, 1.165) is 22.1 Å². The molecule has 25 heavy (non-hydrogen) atoms. The molecular weight excluding hydrogens is 357 g/mol. The Morgan fingerprint density at radius 2 is 1.60 bits per heavy atom. The first-order valence-corrected chi connectivity index (χ1v) is 8.56. The first-order valence-electron chi connectivity index (χ1n) is 7.81. The largest absolute Gasteiger partial charge is 0.497 e. The van der Waals surface area contributed by atoms with Crippen LogP contribution in [0.25, 0.3) is 10.8 Å². The molecular formula is C20H17Cl2NO2. The van der Waals surface area contributed by atoms with Crippen molar-refractivity contribution in [3.8, 4) is 5.75 Å². The van der Waals surface area contributed by atoms with Crippen LogP contribution in [0.4, 0.5) is 5.69 Å². The normalized spacial score (nSPS) is 12.0. The molecule has 0 unspecified atom stereocenters. The molecule has 3 rings (SSSR count). The molecule has 5 heteroatoms. The van der Waals surface area contributed by atoms with Crippen molar-refractivity contribution in [3.63, 3.8) is 0 Å². The predicted octanol–water partition coefficient (Wildman–Crippen LogP) is 5.90. The zero-order valence-corrected chi connectivity index (χ0v) is 15.4.